The van der Waals surface area contributed by atoms with Crippen molar-refractivity contribution in [2.24, 2.45) is 5.92 Å². The number of hydrogen-bond donors (Lipinski definition) is 1. The van der Waals surface area contributed by atoms with E-state index in [4.69, 9.17) is 0 Å². The van der Waals surface area contributed by atoms with Crippen LogP contribution in [0.15, 0.2) is 26.4 Å². The highest BCUT2D eigenvalue weighted by Crippen LogP contribution is 2.16. The molecule has 0 aromatic carbocycles. The Labute approximate surface area is 118 Å². The highest BCUT2D eigenvalue weighted by molar-refractivity contribution is 9.10. The number of nitrogens with one attached hydrogen (secondary N) is 1. The van der Waals surface area contributed by atoms with Crippen LogP contribution in [0.5, 0.6) is 0 Å². The summed E-state index contributed by atoms with van der Waals surface area (Å²) >= 11 is 3.29. The Morgan fingerprint density at radius 3 is 2.95 bits per heavy atom. The standard InChI is InChI=1S/C11H14BrN5O2/c1-7(2)5-17-11(18)10(12)8(3-15-17)13-4-9-14-6-19-16-9/h3,6-7,13H,4-5H2,1-2H3. The van der Waals surface area contributed by atoms with Gasteiger partial charge >= 0.3 is 0 Å². The summed E-state index contributed by atoms with van der Waals surface area (Å²) < 4.78 is 6.51. The van der Waals surface area contributed by atoms with E-state index < -0.39 is 0 Å². The summed E-state index contributed by atoms with van der Waals surface area (Å²) in [4.78, 5) is 15.9. The van der Waals surface area contributed by atoms with Crippen LogP contribution in [0, 0.1) is 5.92 Å². The van der Waals surface area contributed by atoms with Crippen LogP contribution < -0.4 is 10.9 Å². The second kappa shape index (κ2) is 5.96. The Morgan fingerprint density at radius 2 is 2.32 bits per heavy atom. The van der Waals surface area contributed by atoms with Crippen LogP contribution in [0.4, 0.5) is 5.69 Å². The zero-order valence-corrected chi connectivity index (χ0v) is 12.2. The Bertz CT molecular complexity index is 594. The van der Waals surface area contributed by atoms with Gasteiger partial charge in [0.15, 0.2) is 5.82 Å². The second-order valence-electron chi connectivity index (χ2n) is 4.45. The molecule has 8 heteroatoms. The molecule has 2 aromatic rings. The largest absolute Gasteiger partial charge is 0.375 e. The van der Waals surface area contributed by atoms with Gasteiger partial charge in [-0.05, 0) is 21.8 Å². The van der Waals surface area contributed by atoms with Crippen molar-refractivity contribution in [3.8, 4) is 0 Å². The summed E-state index contributed by atoms with van der Waals surface area (Å²) in [6.07, 6.45) is 2.86. The lowest BCUT2D eigenvalue weighted by Gasteiger charge is -2.10. The Balaban J connectivity index is 2.14. The highest BCUT2D eigenvalue weighted by atomic mass is 79.9. The molecule has 0 bridgehead atoms. The predicted octanol–water partition coefficient (Wildman–Crippen LogP) is 1.66. The first-order valence-electron chi connectivity index (χ1n) is 5.82. The SMILES string of the molecule is CC(C)Cn1ncc(NCc2ncon2)c(Br)c1=O. The minimum absolute atomic E-state index is 0.160. The summed E-state index contributed by atoms with van der Waals surface area (Å²) in [5.41, 5.74) is 0.446. The lowest BCUT2D eigenvalue weighted by molar-refractivity contribution is 0.411. The van der Waals surface area contributed by atoms with Gasteiger partial charge in [0, 0.05) is 6.54 Å². The molecule has 7 nitrogen and oxygen atoms in total. The summed E-state index contributed by atoms with van der Waals surface area (Å²) in [6, 6.07) is 0. The zero-order chi connectivity index (χ0) is 13.8. The second-order valence-corrected chi connectivity index (χ2v) is 5.25. The van der Waals surface area contributed by atoms with Crippen molar-refractivity contribution in [2.75, 3.05) is 5.32 Å². The van der Waals surface area contributed by atoms with Gasteiger partial charge in [0.1, 0.15) is 4.47 Å². The van der Waals surface area contributed by atoms with Crippen molar-refractivity contribution in [2.45, 2.75) is 26.9 Å². The van der Waals surface area contributed by atoms with Gasteiger partial charge in [0.2, 0.25) is 6.39 Å². The molecule has 0 atom stereocenters. The third-order valence-electron chi connectivity index (χ3n) is 2.37. The molecule has 0 aliphatic carbocycles. The van der Waals surface area contributed by atoms with Crippen LogP contribution in [0.3, 0.4) is 0 Å². The molecule has 0 aliphatic heterocycles. The average Bonchev–Trinajstić information content (AvgIpc) is 2.87. The van der Waals surface area contributed by atoms with E-state index in [1.165, 1.54) is 11.1 Å². The van der Waals surface area contributed by atoms with Gasteiger partial charge in [-0.2, -0.15) is 10.1 Å². The van der Waals surface area contributed by atoms with E-state index in [1.807, 2.05) is 13.8 Å². The van der Waals surface area contributed by atoms with E-state index in [0.29, 0.717) is 35.0 Å². The van der Waals surface area contributed by atoms with Crippen LogP contribution in [0.1, 0.15) is 19.7 Å². The normalized spacial score (nSPS) is 10.9. The van der Waals surface area contributed by atoms with Gasteiger partial charge in [-0.15, -0.1) is 0 Å². The number of anilines is 1. The van der Waals surface area contributed by atoms with E-state index in [1.54, 1.807) is 6.20 Å². The molecular formula is C11H14BrN5O2. The molecule has 2 aromatic heterocycles. The number of rotatable bonds is 5. The summed E-state index contributed by atoms with van der Waals surface area (Å²) in [7, 11) is 0. The molecule has 0 unspecified atom stereocenters. The predicted molar refractivity (Wildman–Crippen MR) is 72.7 cm³/mol. The van der Waals surface area contributed by atoms with Crippen molar-refractivity contribution in [3.05, 3.63) is 33.2 Å². The first-order valence-corrected chi connectivity index (χ1v) is 6.62. The van der Waals surface area contributed by atoms with Gasteiger partial charge in [-0.25, -0.2) is 4.68 Å². The first kappa shape index (κ1) is 13.7. The average molecular weight is 328 g/mol. The lowest BCUT2D eigenvalue weighted by Crippen LogP contribution is -2.26. The maximum atomic E-state index is 12.1. The molecular weight excluding hydrogens is 314 g/mol. The molecule has 2 heterocycles. The third-order valence-corrected chi connectivity index (χ3v) is 3.13. The molecule has 0 saturated heterocycles. The summed E-state index contributed by atoms with van der Waals surface area (Å²) in [6.45, 7) is 5.02. The summed E-state index contributed by atoms with van der Waals surface area (Å²) in [5, 5.41) is 10.8. The van der Waals surface area contributed by atoms with Gasteiger partial charge in [0.25, 0.3) is 5.56 Å². The van der Waals surface area contributed by atoms with E-state index in [9.17, 15) is 4.79 Å². The minimum Gasteiger partial charge on any atom is -0.375 e. The topological polar surface area (TPSA) is 85.8 Å². The van der Waals surface area contributed by atoms with Gasteiger partial charge in [-0.1, -0.05) is 19.0 Å². The maximum Gasteiger partial charge on any atom is 0.283 e. The van der Waals surface area contributed by atoms with Crippen LogP contribution in [-0.4, -0.2) is 19.9 Å². The van der Waals surface area contributed by atoms with Crippen LogP contribution in [0.2, 0.25) is 0 Å². The Kier molecular flexibility index (Phi) is 4.31. The number of aromatic nitrogens is 4. The minimum atomic E-state index is -0.160. The van der Waals surface area contributed by atoms with Crippen molar-refractivity contribution < 1.29 is 4.52 Å². The molecule has 0 fully saturated rings. The molecule has 102 valence electrons. The van der Waals surface area contributed by atoms with Gasteiger partial charge in [0.05, 0.1) is 18.4 Å². The van der Waals surface area contributed by atoms with Crippen LogP contribution >= 0.6 is 15.9 Å². The monoisotopic (exact) mass is 327 g/mol. The van der Waals surface area contributed by atoms with E-state index in [0.717, 1.165) is 0 Å². The van der Waals surface area contributed by atoms with Crippen LogP contribution in [-0.2, 0) is 13.1 Å². The number of halogens is 1. The lowest BCUT2D eigenvalue weighted by atomic mass is 10.2. The molecule has 0 aliphatic rings. The fourth-order valence-corrected chi connectivity index (χ4v) is 1.96. The molecule has 19 heavy (non-hydrogen) atoms. The van der Waals surface area contributed by atoms with Crippen molar-refractivity contribution in [3.63, 3.8) is 0 Å². The molecule has 0 saturated carbocycles. The smallest absolute Gasteiger partial charge is 0.283 e. The molecule has 0 amide bonds. The third kappa shape index (κ3) is 3.40. The molecule has 0 spiro atoms. The summed E-state index contributed by atoms with van der Waals surface area (Å²) in [5.74, 6) is 0.869. The van der Waals surface area contributed by atoms with Crippen molar-refractivity contribution in [1.29, 1.82) is 0 Å². The van der Waals surface area contributed by atoms with Gasteiger partial charge in [-0.3, -0.25) is 4.79 Å². The quantitative estimate of drug-likeness (QED) is 0.898. The van der Waals surface area contributed by atoms with Crippen molar-refractivity contribution >= 4 is 21.6 Å². The number of hydrogen-bond acceptors (Lipinski definition) is 6. The fraction of sp³-hybridized carbons (Fsp3) is 0.455. The molecule has 1 N–H and O–H groups in total. The Morgan fingerprint density at radius 1 is 1.53 bits per heavy atom. The van der Waals surface area contributed by atoms with Crippen molar-refractivity contribution in [1.82, 2.24) is 19.9 Å². The highest BCUT2D eigenvalue weighted by Gasteiger charge is 2.10. The number of nitrogens with zero attached hydrogens (tertiary/aromatic N) is 4. The van der Waals surface area contributed by atoms with E-state index in [2.05, 4.69) is 41.0 Å². The Hall–Kier alpha value is -1.70. The fourth-order valence-electron chi connectivity index (χ4n) is 1.51. The zero-order valence-electron chi connectivity index (χ0n) is 10.6. The molecule has 0 radical (unpaired) electrons. The molecule has 2 rings (SSSR count). The van der Waals surface area contributed by atoms with Crippen LogP contribution in [0.25, 0.3) is 0 Å². The van der Waals surface area contributed by atoms with Gasteiger partial charge < -0.3 is 9.84 Å². The van der Waals surface area contributed by atoms with E-state index in [-0.39, 0.29) is 5.56 Å². The maximum absolute atomic E-state index is 12.1. The first-order chi connectivity index (χ1) is 9.08. The van der Waals surface area contributed by atoms with E-state index >= 15 is 0 Å².